The first-order valence-corrected chi connectivity index (χ1v) is 10.6. The molecule has 0 atom stereocenters. The highest BCUT2D eigenvalue weighted by Gasteiger charge is 2.22. The molecule has 0 aliphatic carbocycles. The number of hydrogen-bond donors (Lipinski definition) is 3. The minimum absolute atomic E-state index is 0.0335. The van der Waals surface area contributed by atoms with Gasteiger partial charge in [0.05, 0.1) is 24.9 Å². The van der Waals surface area contributed by atoms with Crippen LogP contribution in [0, 0.1) is 6.92 Å². The fourth-order valence-electron chi connectivity index (χ4n) is 3.11. The predicted octanol–water partition coefficient (Wildman–Crippen LogP) is 3.09. The van der Waals surface area contributed by atoms with E-state index in [2.05, 4.69) is 15.6 Å². The summed E-state index contributed by atoms with van der Waals surface area (Å²) in [5.41, 5.74) is 1.81. The number of nitrogens with one attached hydrogen (secondary N) is 3. The van der Waals surface area contributed by atoms with Crippen molar-refractivity contribution in [3.8, 4) is 11.5 Å². The van der Waals surface area contributed by atoms with Crippen LogP contribution in [-0.2, 0) is 9.84 Å². The van der Waals surface area contributed by atoms with Crippen LogP contribution in [0.15, 0.2) is 47.4 Å². The van der Waals surface area contributed by atoms with Crippen LogP contribution in [0.4, 0.5) is 10.5 Å². The molecule has 1 aromatic heterocycles. The molecule has 2 aromatic carbocycles. The van der Waals surface area contributed by atoms with Gasteiger partial charge >= 0.3 is 6.03 Å². The molecule has 3 N–H and O–H groups in total. The molecule has 0 bridgehead atoms. The molecule has 0 radical (unpaired) electrons. The maximum absolute atomic E-state index is 12.8. The maximum Gasteiger partial charge on any atom is 0.319 e. The van der Waals surface area contributed by atoms with Crippen molar-refractivity contribution in [2.24, 2.45) is 0 Å². The topological polar surface area (TPSA) is 110 Å². The van der Waals surface area contributed by atoms with E-state index in [0.29, 0.717) is 28.3 Å². The third-order valence-corrected chi connectivity index (χ3v) is 6.30. The molecule has 0 spiro atoms. The number of carbonyl (C=O) groups excluding carboxylic acids is 1. The average Bonchev–Trinajstić information content (AvgIpc) is 3.03. The molecule has 1 heterocycles. The third kappa shape index (κ3) is 4.62. The molecule has 0 aliphatic rings. The molecule has 0 saturated heterocycles. The number of carbonyl (C=O) groups is 1. The molecule has 0 aliphatic heterocycles. The van der Waals surface area contributed by atoms with E-state index in [9.17, 15) is 13.2 Å². The van der Waals surface area contributed by atoms with E-state index in [-0.39, 0.29) is 17.2 Å². The van der Waals surface area contributed by atoms with Crippen molar-refractivity contribution in [2.75, 3.05) is 31.8 Å². The normalized spacial score (nSPS) is 11.3. The van der Waals surface area contributed by atoms with Crippen LogP contribution in [0.2, 0.25) is 0 Å². The molecule has 3 rings (SSSR count). The number of urea groups is 1. The fraction of sp³-hybridized carbons (Fsp3) is 0.250. The van der Waals surface area contributed by atoms with E-state index in [1.54, 1.807) is 37.3 Å². The lowest BCUT2D eigenvalue weighted by atomic mass is 10.2. The number of anilines is 1. The van der Waals surface area contributed by atoms with Crippen molar-refractivity contribution in [3.05, 3.63) is 48.2 Å². The highest BCUT2D eigenvalue weighted by atomic mass is 32.2. The van der Waals surface area contributed by atoms with E-state index >= 15 is 0 Å². The lowest BCUT2D eigenvalue weighted by Gasteiger charge is -2.11. The van der Waals surface area contributed by atoms with E-state index in [4.69, 9.17) is 9.47 Å². The molecule has 2 amide bonds. The van der Waals surface area contributed by atoms with Crippen molar-refractivity contribution < 1.29 is 22.7 Å². The van der Waals surface area contributed by atoms with Crippen molar-refractivity contribution in [3.63, 3.8) is 0 Å². The lowest BCUT2D eigenvalue weighted by Crippen LogP contribution is -2.32. The molecule has 0 fully saturated rings. The molecule has 29 heavy (non-hydrogen) atoms. The molecule has 3 aromatic rings. The van der Waals surface area contributed by atoms with Crippen molar-refractivity contribution in [1.82, 2.24) is 10.3 Å². The van der Waals surface area contributed by atoms with Gasteiger partial charge in [-0.05, 0) is 13.0 Å². The monoisotopic (exact) mass is 417 g/mol. The number of amides is 2. The average molecular weight is 417 g/mol. The van der Waals surface area contributed by atoms with E-state index in [1.807, 2.05) is 12.1 Å². The van der Waals surface area contributed by atoms with Gasteiger partial charge in [0, 0.05) is 47.0 Å². The van der Waals surface area contributed by atoms with Crippen LogP contribution in [0.5, 0.6) is 11.5 Å². The summed E-state index contributed by atoms with van der Waals surface area (Å²) in [4.78, 5) is 15.5. The first-order valence-electron chi connectivity index (χ1n) is 8.92. The first-order chi connectivity index (χ1) is 13.8. The summed E-state index contributed by atoms with van der Waals surface area (Å²) in [6.07, 6.45) is 0. The summed E-state index contributed by atoms with van der Waals surface area (Å²) in [6, 6.07) is 11.7. The molecule has 154 valence electrons. The van der Waals surface area contributed by atoms with E-state index in [1.165, 1.54) is 14.2 Å². The molecule has 9 heteroatoms. The van der Waals surface area contributed by atoms with Gasteiger partial charge in [0.25, 0.3) is 0 Å². The minimum atomic E-state index is -3.58. The number of para-hydroxylation sites is 1. The maximum atomic E-state index is 12.8. The second-order valence-corrected chi connectivity index (χ2v) is 8.47. The summed E-state index contributed by atoms with van der Waals surface area (Å²) in [6.45, 7) is 1.69. The van der Waals surface area contributed by atoms with Gasteiger partial charge in [-0.2, -0.15) is 0 Å². The zero-order valence-corrected chi connectivity index (χ0v) is 17.2. The third-order valence-electron chi connectivity index (χ3n) is 4.41. The molecule has 8 nitrogen and oxygen atoms in total. The Labute approximate surface area is 169 Å². The second kappa shape index (κ2) is 8.44. The number of hydrogen-bond acceptors (Lipinski definition) is 5. The number of H-pyrrole nitrogens is 1. The van der Waals surface area contributed by atoms with E-state index < -0.39 is 15.9 Å². The SMILES string of the molecule is COc1cc(NC(=O)NCCS(=O)(=O)c2c(C)[nH]c3ccccc23)cc(OC)c1. The van der Waals surface area contributed by atoms with Crippen molar-refractivity contribution in [1.29, 1.82) is 0 Å². The van der Waals surface area contributed by atoms with Gasteiger partial charge in [0.2, 0.25) is 0 Å². The first kappa shape index (κ1) is 20.5. The summed E-state index contributed by atoms with van der Waals surface area (Å²) in [7, 11) is -0.558. The lowest BCUT2D eigenvalue weighted by molar-refractivity contribution is 0.252. The Bertz CT molecular complexity index is 1120. The van der Waals surface area contributed by atoms with Crippen LogP contribution in [0.1, 0.15) is 5.69 Å². The standard InChI is InChI=1S/C20H23N3O5S/c1-13-19(17-6-4-5-7-18(17)22-13)29(25,26)9-8-21-20(24)23-14-10-15(27-2)12-16(11-14)28-3/h4-7,10-12,22H,8-9H2,1-3H3,(H2,21,23,24). The number of aromatic amines is 1. The number of ether oxygens (including phenoxy) is 2. The van der Waals surface area contributed by atoms with Gasteiger partial charge in [0.1, 0.15) is 11.5 Å². The van der Waals surface area contributed by atoms with Crippen molar-refractivity contribution in [2.45, 2.75) is 11.8 Å². The van der Waals surface area contributed by atoms with Gasteiger partial charge in [-0.15, -0.1) is 0 Å². The minimum Gasteiger partial charge on any atom is -0.497 e. The van der Waals surface area contributed by atoms with Crippen LogP contribution < -0.4 is 20.1 Å². The van der Waals surface area contributed by atoms with Crippen LogP contribution in [0.3, 0.4) is 0 Å². The Kier molecular flexibility index (Phi) is 5.97. The number of fused-ring (bicyclic) bond motifs is 1. The van der Waals surface area contributed by atoms with Crippen LogP contribution >= 0.6 is 0 Å². The Morgan fingerprint density at radius 3 is 2.38 bits per heavy atom. The number of benzene rings is 2. The van der Waals surface area contributed by atoms with Gasteiger partial charge in [-0.25, -0.2) is 13.2 Å². The fourth-order valence-corrected chi connectivity index (χ4v) is 4.71. The highest BCUT2D eigenvalue weighted by molar-refractivity contribution is 7.91. The number of aryl methyl sites for hydroxylation is 1. The molecule has 0 unspecified atom stereocenters. The smallest absolute Gasteiger partial charge is 0.319 e. The van der Waals surface area contributed by atoms with Gasteiger partial charge in [0.15, 0.2) is 9.84 Å². The Hall–Kier alpha value is -3.20. The Morgan fingerprint density at radius 2 is 1.72 bits per heavy atom. The molecular formula is C20H23N3O5S. The van der Waals surface area contributed by atoms with Crippen LogP contribution in [-0.4, -0.2) is 46.0 Å². The number of aromatic nitrogens is 1. The van der Waals surface area contributed by atoms with Crippen LogP contribution in [0.25, 0.3) is 10.9 Å². The Balaban J connectivity index is 1.65. The number of methoxy groups -OCH3 is 2. The molecule has 0 saturated carbocycles. The highest BCUT2D eigenvalue weighted by Crippen LogP contribution is 2.27. The van der Waals surface area contributed by atoms with Gasteiger partial charge in [-0.3, -0.25) is 0 Å². The second-order valence-electron chi connectivity index (χ2n) is 6.43. The summed E-state index contributed by atoms with van der Waals surface area (Å²) in [5, 5.41) is 5.86. The summed E-state index contributed by atoms with van der Waals surface area (Å²) >= 11 is 0. The summed E-state index contributed by atoms with van der Waals surface area (Å²) < 4.78 is 35.9. The van der Waals surface area contributed by atoms with Gasteiger partial charge < -0.3 is 25.1 Å². The van der Waals surface area contributed by atoms with Gasteiger partial charge in [-0.1, -0.05) is 18.2 Å². The summed E-state index contributed by atoms with van der Waals surface area (Å²) in [5.74, 6) is 0.832. The van der Waals surface area contributed by atoms with Crippen molar-refractivity contribution >= 4 is 32.5 Å². The predicted molar refractivity (Wildman–Crippen MR) is 112 cm³/mol. The zero-order valence-electron chi connectivity index (χ0n) is 16.4. The zero-order chi connectivity index (χ0) is 21.0. The number of sulfone groups is 1. The number of rotatable bonds is 7. The largest absolute Gasteiger partial charge is 0.497 e. The molecular weight excluding hydrogens is 394 g/mol. The quantitative estimate of drug-likeness (QED) is 0.547. The van der Waals surface area contributed by atoms with E-state index in [0.717, 1.165) is 5.52 Å². The Morgan fingerprint density at radius 1 is 1.07 bits per heavy atom.